The van der Waals surface area contributed by atoms with Crippen LogP contribution in [0.4, 0.5) is 5.13 Å². The van der Waals surface area contributed by atoms with Crippen molar-refractivity contribution in [3.63, 3.8) is 0 Å². The first-order valence-electron chi connectivity index (χ1n) is 9.22. The van der Waals surface area contributed by atoms with E-state index in [2.05, 4.69) is 10.3 Å². The fourth-order valence-electron chi connectivity index (χ4n) is 2.94. The van der Waals surface area contributed by atoms with Crippen LogP contribution in [0.15, 0.2) is 86.5 Å². The minimum Gasteiger partial charge on any atom is -0.459 e. The summed E-state index contributed by atoms with van der Waals surface area (Å²) >= 11 is 2.95. The van der Waals surface area contributed by atoms with Crippen molar-refractivity contribution < 1.29 is 17.6 Å². The Kier molecular flexibility index (Phi) is 6.26. The number of thiazole rings is 1. The van der Waals surface area contributed by atoms with Gasteiger partial charge in [0.05, 0.1) is 22.6 Å². The average Bonchev–Trinajstić information content (AvgIpc) is 3.44. The Balaban J connectivity index is 1.49. The van der Waals surface area contributed by atoms with Crippen LogP contribution < -0.4 is 5.32 Å². The molecule has 0 aliphatic carbocycles. The summed E-state index contributed by atoms with van der Waals surface area (Å²) in [5, 5.41) is 4.96. The third-order valence-corrected chi connectivity index (χ3v) is 7.69. The van der Waals surface area contributed by atoms with Gasteiger partial charge >= 0.3 is 0 Å². The van der Waals surface area contributed by atoms with E-state index < -0.39 is 15.7 Å². The van der Waals surface area contributed by atoms with E-state index in [0.29, 0.717) is 10.7 Å². The van der Waals surface area contributed by atoms with Gasteiger partial charge in [-0.15, -0.1) is 23.1 Å². The average molecular weight is 471 g/mol. The SMILES string of the molecule is CSc1ccc(-c2csc(NC(=O)c3occc3CS(=O)(=O)c3ccccc3)n2)cc1. The van der Waals surface area contributed by atoms with Crippen LogP contribution in [0.3, 0.4) is 0 Å². The Bertz CT molecular complexity index is 1290. The van der Waals surface area contributed by atoms with E-state index in [1.165, 1.54) is 35.8 Å². The van der Waals surface area contributed by atoms with Crippen molar-refractivity contribution in [2.75, 3.05) is 11.6 Å². The number of carbonyl (C=O) groups excluding carboxylic acids is 1. The van der Waals surface area contributed by atoms with Gasteiger partial charge < -0.3 is 4.42 Å². The number of amides is 1. The van der Waals surface area contributed by atoms with Crippen molar-refractivity contribution in [2.45, 2.75) is 15.5 Å². The number of aromatic nitrogens is 1. The highest BCUT2D eigenvalue weighted by molar-refractivity contribution is 7.98. The van der Waals surface area contributed by atoms with Crippen molar-refractivity contribution in [2.24, 2.45) is 0 Å². The van der Waals surface area contributed by atoms with Crippen LogP contribution in [0.25, 0.3) is 11.3 Å². The van der Waals surface area contributed by atoms with E-state index in [-0.39, 0.29) is 16.4 Å². The fourth-order valence-corrected chi connectivity index (χ4v) is 5.44. The number of furan rings is 1. The van der Waals surface area contributed by atoms with Crippen LogP contribution in [0.5, 0.6) is 0 Å². The van der Waals surface area contributed by atoms with Crippen molar-refractivity contribution in [3.05, 3.63) is 83.6 Å². The molecule has 9 heteroatoms. The number of nitrogens with one attached hydrogen (secondary N) is 1. The molecule has 0 fully saturated rings. The first-order chi connectivity index (χ1) is 15.0. The maximum Gasteiger partial charge on any atom is 0.293 e. The molecule has 158 valence electrons. The second-order valence-corrected chi connectivity index (χ2v) is 10.3. The molecule has 2 heterocycles. The van der Waals surface area contributed by atoms with Gasteiger partial charge in [-0.05, 0) is 36.6 Å². The summed E-state index contributed by atoms with van der Waals surface area (Å²) < 4.78 is 30.6. The lowest BCUT2D eigenvalue weighted by atomic mass is 10.2. The highest BCUT2D eigenvalue weighted by Gasteiger charge is 2.23. The Morgan fingerprint density at radius 1 is 1.10 bits per heavy atom. The van der Waals surface area contributed by atoms with Crippen LogP contribution in [0, 0.1) is 0 Å². The standard InChI is InChI=1S/C22H18N2O4S3/c1-29-17-9-7-15(8-10-17)19-13-30-22(23-19)24-21(25)20-16(11-12-28-20)14-31(26,27)18-5-3-2-4-6-18/h2-13H,14H2,1H3,(H,23,24,25). The zero-order valence-electron chi connectivity index (χ0n) is 16.4. The molecular weight excluding hydrogens is 452 g/mol. The molecule has 1 N–H and O–H groups in total. The quantitative estimate of drug-likeness (QED) is 0.366. The Labute approximate surface area is 188 Å². The molecule has 0 saturated heterocycles. The van der Waals surface area contributed by atoms with Crippen molar-refractivity contribution in [1.82, 2.24) is 4.98 Å². The van der Waals surface area contributed by atoms with Gasteiger partial charge in [-0.3, -0.25) is 10.1 Å². The van der Waals surface area contributed by atoms with Crippen molar-refractivity contribution in [3.8, 4) is 11.3 Å². The predicted octanol–water partition coefficient (Wildman–Crippen LogP) is 5.35. The van der Waals surface area contributed by atoms with Crippen LogP contribution >= 0.6 is 23.1 Å². The summed E-state index contributed by atoms with van der Waals surface area (Å²) in [6.07, 6.45) is 3.32. The molecule has 0 spiro atoms. The number of anilines is 1. The largest absolute Gasteiger partial charge is 0.459 e. The molecule has 0 aliphatic heterocycles. The summed E-state index contributed by atoms with van der Waals surface area (Å²) in [6, 6.07) is 17.6. The Morgan fingerprint density at radius 2 is 1.84 bits per heavy atom. The first-order valence-corrected chi connectivity index (χ1v) is 13.0. The molecule has 0 unspecified atom stereocenters. The Hall–Kier alpha value is -2.88. The molecule has 2 aromatic heterocycles. The normalized spacial score (nSPS) is 11.4. The fraction of sp³-hybridized carbons (Fsp3) is 0.0909. The predicted molar refractivity (Wildman–Crippen MR) is 123 cm³/mol. The van der Waals surface area contributed by atoms with E-state index in [4.69, 9.17) is 4.42 Å². The molecule has 0 atom stereocenters. The molecule has 0 saturated carbocycles. The number of rotatable bonds is 7. The number of thioether (sulfide) groups is 1. The van der Waals surface area contributed by atoms with Crippen LogP contribution in [0.2, 0.25) is 0 Å². The third-order valence-electron chi connectivity index (χ3n) is 4.51. The molecule has 1 amide bonds. The van der Waals surface area contributed by atoms with Gasteiger partial charge in [0.1, 0.15) is 0 Å². The lowest BCUT2D eigenvalue weighted by Crippen LogP contribution is -2.14. The summed E-state index contributed by atoms with van der Waals surface area (Å²) in [6.45, 7) is 0. The number of sulfone groups is 1. The molecular formula is C22H18N2O4S3. The highest BCUT2D eigenvalue weighted by atomic mass is 32.2. The molecule has 31 heavy (non-hydrogen) atoms. The van der Waals surface area contributed by atoms with Crippen LogP contribution in [0.1, 0.15) is 16.1 Å². The topological polar surface area (TPSA) is 89.3 Å². The lowest BCUT2D eigenvalue weighted by Gasteiger charge is -2.05. The number of hydrogen-bond donors (Lipinski definition) is 1. The summed E-state index contributed by atoms with van der Waals surface area (Å²) in [4.78, 5) is 18.5. The monoisotopic (exact) mass is 470 g/mol. The molecule has 0 bridgehead atoms. The van der Waals surface area contributed by atoms with E-state index >= 15 is 0 Å². The third kappa shape index (κ3) is 4.90. The van der Waals surface area contributed by atoms with E-state index in [1.807, 2.05) is 35.9 Å². The van der Waals surface area contributed by atoms with Gasteiger partial charge in [-0.25, -0.2) is 13.4 Å². The second kappa shape index (κ2) is 9.09. The zero-order valence-corrected chi connectivity index (χ0v) is 18.9. The number of hydrogen-bond acceptors (Lipinski definition) is 7. The van der Waals surface area contributed by atoms with Gasteiger partial charge in [0.15, 0.2) is 20.7 Å². The molecule has 4 rings (SSSR count). The van der Waals surface area contributed by atoms with Gasteiger partial charge in [0.2, 0.25) is 0 Å². The molecule has 4 aromatic rings. The maximum atomic E-state index is 12.7. The molecule has 6 nitrogen and oxygen atoms in total. The van der Waals surface area contributed by atoms with Gasteiger partial charge in [0, 0.05) is 21.4 Å². The lowest BCUT2D eigenvalue weighted by molar-refractivity contribution is 0.0996. The molecule has 2 aromatic carbocycles. The van der Waals surface area contributed by atoms with E-state index in [0.717, 1.165) is 16.2 Å². The smallest absolute Gasteiger partial charge is 0.293 e. The minimum absolute atomic E-state index is 0.0411. The zero-order chi connectivity index (χ0) is 21.8. The van der Waals surface area contributed by atoms with Crippen LogP contribution in [-0.4, -0.2) is 25.6 Å². The Morgan fingerprint density at radius 3 is 2.55 bits per heavy atom. The number of benzene rings is 2. The van der Waals surface area contributed by atoms with Crippen molar-refractivity contribution >= 4 is 44.0 Å². The van der Waals surface area contributed by atoms with Gasteiger partial charge in [-0.1, -0.05) is 30.3 Å². The first kappa shape index (κ1) is 21.4. The maximum absolute atomic E-state index is 12.7. The van der Waals surface area contributed by atoms with E-state index in [9.17, 15) is 13.2 Å². The van der Waals surface area contributed by atoms with E-state index in [1.54, 1.807) is 30.0 Å². The summed E-state index contributed by atoms with van der Waals surface area (Å²) in [5.41, 5.74) is 1.99. The highest BCUT2D eigenvalue weighted by Crippen LogP contribution is 2.27. The summed E-state index contributed by atoms with van der Waals surface area (Å²) in [5.74, 6) is -0.913. The molecule has 0 radical (unpaired) electrons. The molecule has 0 aliphatic rings. The van der Waals surface area contributed by atoms with Gasteiger partial charge in [-0.2, -0.15) is 0 Å². The van der Waals surface area contributed by atoms with Crippen molar-refractivity contribution in [1.29, 1.82) is 0 Å². The van der Waals surface area contributed by atoms with Gasteiger partial charge in [0.25, 0.3) is 5.91 Å². The number of nitrogens with zero attached hydrogens (tertiary/aromatic N) is 1. The second-order valence-electron chi connectivity index (χ2n) is 6.57. The van der Waals surface area contributed by atoms with Crippen LogP contribution in [-0.2, 0) is 15.6 Å². The minimum atomic E-state index is -3.60. The summed E-state index contributed by atoms with van der Waals surface area (Å²) in [7, 11) is -3.60. The number of carbonyl (C=O) groups is 1.